The summed E-state index contributed by atoms with van der Waals surface area (Å²) in [5, 5.41) is 12.2. The number of ether oxygens (including phenoxy) is 1. The van der Waals surface area contributed by atoms with E-state index in [2.05, 4.69) is 38.2 Å². The number of hydrogen-bond acceptors (Lipinski definition) is 3. The van der Waals surface area contributed by atoms with Crippen molar-refractivity contribution in [3.63, 3.8) is 0 Å². The van der Waals surface area contributed by atoms with Crippen molar-refractivity contribution in [1.29, 1.82) is 0 Å². The van der Waals surface area contributed by atoms with Crippen molar-refractivity contribution in [3.8, 4) is 0 Å². The van der Waals surface area contributed by atoms with Gasteiger partial charge in [0.25, 0.3) is 0 Å². The second-order valence-corrected chi connectivity index (χ2v) is 5.49. The fourth-order valence-electron chi connectivity index (χ4n) is 2.49. The summed E-state index contributed by atoms with van der Waals surface area (Å²) in [5.41, 5.74) is 4.00. The van der Waals surface area contributed by atoms with Crippen molar-refractivity contribution in [3.05, 3.63) is 34.4 Å². The number of aliphatic hydroxyl groups excluding tert-OH is 1. The molecule has 0 saturated carbocycles. The Hall–Kier alpha value is -1.39. The third-order valence-electron chi connectivity index (χ3n) is 3.81. The van der Waals surface area contributed by atoms with Crippen molar-refractivity contribution in [2.75, 3.05) is 19.8 Å². The minimum absolute atomic E-state index is 0.124. The smallest absolute Gasteiger partial charge is 0.233 e. The first-order valence-corrected chi connectivity index (χ1v) is 6.52. The van der Waals surface area contributed by atoms with E-state index in [0.717, 1.165) is 5.56 Å². The Morgan fingerprint density at radius 3 is 2.32 bits per heavy atom. The van der Waals surface area contributed by atoms with Gasteiger partial charge in [-0.15, -0.1) is 0 Å². The fraction of sp³-hybridized carbons (Fsp3) is 0.533. The number of rotatable bonds is 4. The minimum Gasteiger partial charge on any atom is -0.395 e. The van der Waals surface area contributed by atoms with Crippen LogP contribution in [0, 0.1) is 26.2 Å². The second-order valence-electron chi connectivity index (χ2n) is 5.49. The average molecular weight is 263 g/mol. The van der Waals surface area contributed by atoms with Gasteiger partial charge in [-0.25, -0.2) is 0 Å². The van der Waals surface area contributed by atoms with Crippen LogP contribution in [-0.2, 0) is 16.1 Å². The monoisotopic (exact) mass is 263 g/mol. The molecule has 104 valence electrons. The third kappa shape index (κ3) is 2.65. The van der Waals surface area contributed by atoms with E-state index in [1.54, 1.807) is 0 Å². The highest BCUT2D eigenvalue weighted by Crippen LogP contribution is 2.27. The van der Waals surface area contributed by atoms with Gasteiger partial charge in [0, 0.05) is 6.54 Å². The third-order valence-corrected chi connectivity index (χ3v) is 3.81. The molecule has 4 heteroatoms. The number of aryl methyl sites for hydroxylation is 3. The van der Waals surface area contributed by atoms with Crippen molar-refractivity contribution >= 4 is 5.91 Å². The van der Waals surface area contributed by atoms with Crippen LogP contribution < -0.4 is 5.32 Å². The highest BCUT2D eigenvalue weighted by molar-refractivity contribution is 5.83. The molecule has 0 atom stereocenters. The molecule has 0 bridgehead atoms. The molecule has 1 aromatic rings. The molecule has 0 aliphatic carbocycles. The first-order valence-electron chi connectivity index (χ1n) is 6.52. The van der Waals surface area contributed by atoms with Gasteiger partial charge < -0.3 is 15.2 Å². The van der Waals surface area contributed by atoms with Gasteiger partial charge in [0.2, 0.25) is 5.91 Å². The lowest BCUT2D eigenvalue weighted by molar-refractivity contribution is -0.170. The zero-order valence-electron chi connectivity index (χ0n) is 11.7. The van der Waals surface area contributed by atoms with E-state index in [-0.39, 0.29) is 12.5 Å². The molecule has 1 amide bonds. The van der Waals surface area contributed by atoms with Gasteiger partial charge in [-0.3, -0.25) is 4.79 Å². The van der Waals surface area contributed by atoms with Gasteiger partial charge in [0.05, 0.1) is 19.8 Å². The van der Waals surface area contributed by atoms with Crippen LogP contribution in [0.5, 0.6) is 0 Å². The van der Waals surface area contributed by atoms with Crippen LogP contribution >= 0.6 is 0 Å². The summed E-state index contributed by atoms with van der Waals surface area (Å²) >= 11 is 0. The Morgan fingerprint density at radius 1 is 1.32 bits per heavy atom. The van der Waals surface area contributed by atoms with Crippen LogP contribution in [0.25, 0.3) is 0 Å². The quantitative estimate of drug-likeness (QED) is 0.859. The summed E-state index contributed by atoms with van der Waals surface area (Å²) < 4.78 is 5.04. The van der Waals surface area contributed by atoms with Crippen LogP contribution in [0.2, 0.25) is 0 Å². The molecule has 1 heterocycles. The van der Waals surface area contributed by atoms with E-state index < -0.39 is 5.41 Å². The topological polar surface area (TPSA) is 58.6 Å². The van der Waals surface area contributed by atoms with Crippen molar-refractivity contribution < 1.29 is 14.6 Å². The predicted molar refractivity (Wildman–Crippen MR) is 72.8 cm³/mol. The number of aliphatic hydroxyl groups is 1. The molecule has 4 nitrogen and oxygen atoms in total. The number of carbonyl (C=O) groups is 1. The second kappa shape index (κ2) is 5.31. The van der Waals surface area contributed by atoms with Gasteiger partial charge in [0.1, 0.15) is 5.41 Å². The first-order chi connectivity index (χ1) is 8.98. The zero-order valence-corrected chi connectivity index (χ0v) is 11.7. The Balaban J connectivity index is 2.05. The van der Waals surface area contributed by atoms with Gasteiger partial charge in [-0.1, -0.05) is 17.7 Å². The standard InChI is InChI=1S/C15H21NO3/c1-10-4-11(2)13(12(3)5-10)6-16-14(18)15(7-17)8-19-9-15/h4-5,17H,6-9H2,1-3H3,(H,16,18). The Kier molecular flexibility index (Phi) is 3.92. The molecular formula is C15H21NO3. The van der Waals surface area contributed by atoms with E-state index in [9.17, 15) is 9.90 Å². The number of carbonyl (C=O) groups excluding carboxylic acids is 1. The van der Waals surface area contributed by atoms with E-state index in [1.807, 2.05) is 0 Å². The van der Waals surface area contributed by atoms with Gasteiger partial charge in [0.15, 0.2) is 0 Å². The van der Waals surface area contributed by atoms with Crippen LogP contribution in [-0.4, -0.2) is 30.8 Å². The van der Waals surface area contributed by atoms with Crippen LogP contribution in [0.3, 0.4) is 0 Å². The van der Waals surface area contributed by atoms with Gasteiger partial charge >= 0.3 is 0 Å². The Labute approximate surface area is 113 Å². The molecule has 1 aliphatic heterocycles. The molecule has 1 aliphatic rings. The summed E-state index contributed by atoms with van der Waals surface area (Å²) in [6.07, 6.45) is 0. The number of nitrogens with one attached hydrogen (secondary N) is 1. The maximum Gasteiger partial charge on any atom is 0.233 e. The molecule has 0 radical (unpaired) electrons. The summed E-state index contributed by atoms with van der Waals surface area (Å²) in [5.74, 6) is -0.124. The molecule has 0 spiro atoms. The van der Waals surface area contributed by atoms with Crippen molar-refractivity contribution in [1.82, 2.24) is 5.32 Å². The number of benzene rings is 1. The molecule has 1 aromatic carbocycles. The summed E-state index contributed by atoms with van der Waals surface area (Å²) in [4.78, 5) is 12.1. The Bertz CT molecular complexity index is 464. The van der Waals surface area contributed by atoms with Crippen LogP contribution in [0.4, 0.5) is 0 Å². The molecular weight excluding hydrogens is 242 g/mol. The SMILES string of the molecule is Cc1cc(C)c(CNC(=O)C2(CO)COC2)c(C)c1. The maximum atomic E-state index is 12.1. The molecule has 2 N–H and O–H groups in total. The molecule has 1 fully saturated rings. The molecule has 19 heavy (non-hydrogen) atoms. The lowest BCUT2D eigenvalue weighted by atomic mass is 9.86. The summed E-state index contributed by atoms with van der Waals surface area (Å²) in [6.45, 7) is 7.12. The predicted octanol–water partition coefficient (Wildman–Crippen LogP) is 1.24. The molecule has 1 saturated heterocycles. The van der Waals surface area contributed by atoms with Crippen molar-refractivity contribution in [2.24, 2.45) is 5.41 Å². The summed E-state index contributed by atoms with van der Waals surface area (Å²) in [7, 11) is 0. The van der Waals surface area contributed by atoms with E-state index in [4.69, 9.17) is 4.74 Å². The van der Waals surface area contributed by atoms with Gasteiger partial charge in [-0.2, -0.15) is 0 Å². The van der Waals surface area contributed by atoms with E-state index >= 15 is 0 Å². The molecule has 2 rings (SSSR count). The van der Waals surface area contributed by atoms with E-state index in [0.29, 0.717) is 19.8 Å². The summed E-state index contributed by atoms with van der Waals surface area (Å²) in [6, 6.07) is 4.23. The zero-order chi connectivity index (χ0) is 14.0. The largest absolute Gasteiger partial charge is 0.395 e. The highest BCUT2D eigenvalue weighted by Gasteiger charge is 2.45. The van der Waals surface area contributed by atoms with Gasteiger partial charge in [-0.05, 0) is 37.5 Å². The van der Waals surface area contributed by atoms with Crippen molar-refractivity contribution in [2.45, 2.75) is 27.3 Å². The highest BCUT2D eigenvalue weighted by atomic mass is 16.5. The first kappa shape index (κ1) is 14.0. The van der Waals surface area contributed by atoms with E-state index in [1.165, 1.54) is 16.7 Å². The lowest BCUT2D eigenvalue weighted by Gasteiger charge is -2.38. The minimum atomic E-state index is -0.730. The maximum absolute atomic E-state index is 12.1. The number of hydrogen-bond donors (Lipinski definition) is 2. The molecule has 0 aromatic heterocycles. The van der Waals surface area contributed by atoms with Crippen LogP contribution in [0.1, 0.15) is 22.3 Å². The average Bonchev–Trinajstić information content (AvgIpc) is 2.26. The normalized spacial score (nSPS) is 16.8. The number of amides is 1. The lowest BCUT2D eigenvalue weighted by Crippen LogP contribution is -2.56. The molecule has 0 unspecified atom stereocenters. The Morgan fingerprint density at radius 2 is 1.89 bits per heavy atom. The fourth-order valence-corrected chi connectivity index (χ4v) is 2.49. The van der Waals surface area contributed by atoms with Crippen LogP contribution in [0.15, 0.2) is 12.1 Å².